The van der Waals surface area contributed by atoms with Gasteiger partial charge in [0.25, 0.3) is 0 Å². The van der Waals surface area contributed by atoms with Crippen LogP contribution in [0.2, 0.25) is 5.02 Å². The zero-order chi connectivity index (χ0) is 15.7. The van der Waals surface area contributed by atoms with Gasteiger partial charge in [-0.2, -0.15) is 0 Å². The van der Waals surface area contributed by atoms with Crippen LogP contribution in [-0.4, -0.2) is 23.9 Å². The van der Waals surface area contributed by atoms with Gasteiger partial charge in [0.1, 0.15) is 16.9 Å². The van der Waals surface area contributed by atoms with Crippen LogP contribution in [0.5, 0.6) is 11.5 Å². The third-order valence-electron chi connectivity index (χ3n) is 3.47. The molecule has 1 fully saturated rings. The Labute approximate surface area is 137 Å². The van der Waals surface area contributed by atoms with Gasteiger partial charge in [-0.15, -0.1) is 11.8 Å². The topological polar surface area (TPSA) is 49.8 Å². The van der Waals surface area contributed by atoms with Crippen molar-refractivity contribution in [3.63, 3.8) is 0 Å². The summed E-state index contributed by atoms with van der Waals surface area (Å²) in [6, 6.07) is 12.3. The molecule has 2 aromatic carbocycles. The number of amides is 1. The van der Waals surface area contributed by atoms with E-state index in [1.165, 1.54) is 17.8 Å². The largest absolute Gasteiger partial charge is 0.506 e. The molecule has 3 rings (SSSR count). The first-order chi connectivity index (χ1) is 10.6. The van der Waals surface area contributed by atoms with Crippen LogP contribution in [0.4, 0.5) is 5.69 Å². The molecule has 0 spiro atoms. The summed E-state index contributed by atoms with van der Waals surface area (Å²) in [7, 11) is 1.61. The predicted molar refractivity (Wildman–Crippen MR) is 88.8 cm³/mol. The summed E-state index contributed by atoms with van der Waals surface area (Å²) in [5, 5.41) is 10.4. The van der Waals surface area contributed by atoms with E-state index in [0.717, 1.165) is 11.3 Å². The number of ether oxygens (including phenoxy) is 1. The average molecular weight is 336 g/mol. The van der Waals surface area contributed by atoms with Crippen molar-refractivity contribution in [3.05, 3.63) is 53.1 Å². The minimum absolute atomic E-state index is 0.00172. The number of aromatic hydroxyl groups is 1. The number of nitrogens with zero attached hydrogens (tertiary/aromatic N) is 1. The van der Waals surface area contributed by atoms with Crippen LogP contribution in [0, 0.1) is 0 Å². The highest BCUT2D eigenvalue weighted by atomic mass is 35.5. The number of hydrogen-bond acceptors (Lipinski definition) is 4. The number of thioether (sulfide) groups is 1. The minimum atomic E-state index is -0.175. The second-order valence-corrected chi connectivity index (χ2v) is 6.34. The van der Waals surface area contributed by atoms with Crippen LogP contribution >= 0.6 is 23.4 Å². The molecule has 0 radical (unpaired) electrons. The molecule has 6 heteroatoms. The van der Waals surface area contributed by atoms with Crippen molar-refractivity contribution in [2.24, 2.45) is 0 Å². The Morgan fingerprint density at radius 2 is 2.00 bits per heavy atom. The first-order valence-electron chi connectivity index (χ1n) is 6.66. The number of phenols is 1. The Bertz CT molecular complexity index is 705. The highest BCUT2D eigenvalue weighted by molar-refractivity contribution is 8.00. The molecular weight excluding hydrogens is 322 g/mol. The molecule has 22 heavy (non-hydrogen) atoms. The Balaban J connectivity index is 1.98. The van der Waals surface area contributed by atoms with Crippen LogP contribution in [0.1, 0.15) is 10.9 Å². The van der Waals surface area contributed by atoms with Gasteiger partial charge in [-0.25, -0.2) is 0 Å². The predicted octanol–water partition coefficient (Wildman–Crippen LogP) is 3.83. The third-order valence-corrected chi connectivity index (χ3v) is 4.91. The Kier molecular flexibility index (Phi) is 4.18. The number of rotatable bonds is 3. The highest BCUT2D eigenvalue weighted by Gasteiger charge is 2.35. The fourth-order valence-electron chi connectivity index (χ4n) is 2.40. The third kappa shape index (κ3) is 2.74. The number of anilines is 1. The van der Waals surface area contributed by atoms with E-state index in [0.29, 0.717) is 16.5 Å². The zero-order valence-electron chi connectivity index (χ0n) is 11.8. The van der Waals surface area contributed by atoms with E-state index in [1.54, 1.807) is 24.1 Å². The molecule has 0 bridgehead atoms. The van der Waals surface area contributed by atoms with E-state index in [4.69, 9.17) is 16.3 Å². The van der Waals surface area contributed by atoms with Crippen molar-refractivity contribution >= 4 is 35.0 Å². The van der Waals surface area contributed by atoms with Crippen LogP contribution in [0.3, 0.4) is 0 Å². The second-order valence-electron chi connectivity index (χ2n) is 4.83. The molecule has 1 unspecified atom stereocenters. The number of phenolic OH excluding ortho intramolecular Hbond substituents is 1. The maximum atomic E-state index is 12.3. The normalized spacial score (nSPS) is 17.8. The lowest BCUT2D eigenvalue weighted by Crippen LogP contribution is -2.27. The summed E-state index contributed by atoms with van der Waals surface area (Å²) in [6.45, 7) is 0. The Hall–Kier alpha value is -1.85. The molecular formula is C16H14ClNO3S. The average Bonchev–Trinajstić information content (AvgIpc) is 2.89. The molecule has 1 saturated heterocycles. The van der Waals surface area contributed by atoms with E-state index in [2.05, 4.69) is 0 Å². The van der Waals surface area contributed by atoms with Gasteiger partial charge in [0.2, 0.25) is 5.91 Å². The number of methoxy groups -OCH3 is 1. The van der Waals surface area contributed by atoms with Crippen LogP contribution in [0.15, 0.2) is 42.5 Å². The van der Waals surface area contributed by atoms with Crippen molar-refractivity contribution in [1.82, 2.24) is 0 Å². The maximum Gasteiger partial charge on any atom is 0.238 e. The van der Waals surface area contributed by atoms with Gasteiger partial charge in [-0.1, -0.05) is 23.7 Å². The first kappa shape index (κ1) is 15.1. The number of benzene rings is 2. The van der Waals surface area contributed by atoms with Crippen LogP contribution < -0.4 is 9.64 Å². The lowest BCUT2D eigenvalue weighted by molar-refractivity contribution is -0.115. The lowest BCUT2D eigenvalue weighted by atomic mass is 10.1. The zero-order valence-corrected chi connectivity index (χ0v) is 13.4. The maximum absolute atomic E-state index is 12.3. The van der Waals surface area contributed by atoms with Gasteiger partial charge < -0.3 is 9.84 Å². The lowest BCUT2D eigenvalue weighted by Gasteiger charge is -2.25. The smallest absolute Gasteiger partial charge is 0.238 e. The molecule has 0 aromatic heterocycles. The molecule has 1 atom stereocenters. The number of carbonyl (C=O) groups is 1. The molecule has 1 N–H and O–H groups in total. The van der Waals surface area contributed by atoms with Gasteiger partial charge in [-0.05, 0) is 29.8 Å². The summed E-state index contributed by atoms with van der Waals surface area (Å²) in [5.41, 5.74) is 1.45. The molecule has 2 aromatic rings. The molecule has 1 amide bonds. The van der Waals surface area contributed by atoms with E-state index in [-0.39, 0.29) is 17.0 Å². The van der Waals surface area contributed by atoms with Crippen molar-refractivity contribution in [3.8, 4) is 11.5 Å². The monoisotopic (exact) mass is 335 g/mol. The minimum Gasteiger partial charge on any atom is -0.506 e. The Morgan fingerprint density at radius 3 is 2.64 bits per heavy atom. The molecule has 0 aliphatic carbocycles. The van der Waals surface area contributed by atoms with Gasteiger partial charge in [0, 0.05) is 11.1 Å². The highest BCUT2D eigenvalue weighted by Crippen LogP contribution is 2.45. The molecule has 1 aliphatic heterocycles. The fraction of sp³-hybridized carbons (Fsp3) is 0.188. The van der Waals surface area contributed by atoms with E-state index < -0.39 is 0 Å². The van der Waals surface area contributed by atoms with E-state index in [1.807, 2.05) is 24.3 Å². The standard InChI is InChI=1S/C16H14ClNO3S/c1-21-12-5-2-10(3-6-12)16-18(15(20)9-22-16)13-7-4-11(17)8-14(13)19/h2-8,16,19H,9H2,1H3. The van der Waals surface area contributed by atoms with Crippen molar-refractivity contribution < 1.29 is 14.6 Å². The number of hydrogen-bond donors (Lipinski definition) is 1. The quantitative estimate of drug-likeness (QED) is 0.926. The van der Waals surface area contributed by atoms with Gasteiger partial charge in [0.15, 0.2) is 0 Å². The molecule has 1 heterocycles. The van der Waals surface area contributed by atoms with Crippen molar-refractivity contribution in [1.29, 1.82) is 0 Å². The van der Waals surface area contributed by atoms with Crippen LogP contribution in [0.25, 0.3) is 0 Å². The summed E-state index contributed by atoms with van der Waals surface area (Å²) < 4.78 is 5.15. The molecule has 0 saturated carbocycles. The summed E-state index contributed by atoms with van der Waals surface area (Å²) in [4.78, 5) is 13.9. The molecule has 4 nitrogen and oxygen atoms in total. The van der Waals surface area contributed by atoms with Gasteiger partial charge in [0.05, 0.1) is 18.6 Å². The summed E-state index contributed by atoms with van der Waals surface area (Å²) in [5.74, 6) is 1.10. The number of halogens is 1. The van der Waals surface area contributed by atoms with Crippen molar-refractivity contribution in [2.45, 2.75) is 5.37 Å². The molecule has 114 valence electrons. The van der Waals surface area contributed by atoms with Crippen molar-refractivity contribution in [2.75, 3.05) is 17.8 Å². The fourth-order valence-corrected chi connectivity index (χ4v) is 3.74. The van der Waals surface area contributed by atoms with E-state index >= 15 is 0 Å². The number of carbonyl (C=O) groups excluding carboxylic acids is 1. The summed E-state index contributed by atoms with van der Waals surface area (Å²) in [6.07, 6.45) is 0. The molecule has 1 aliphatic rings. The van der Waals surface area contributed by atoms with Crippen LogP contribution in [-0.2, 0) is 4.79 Å². The first-order valence-corrected chi connectivity index (χ1v) is 8.09. The SMILES string of the molecule is COc1ccc(C2SCC(=O)N2c2ccc(Cl)cc2O)cc1. The van der Waals surface area contributed by atoms with Gasteiger partial charge in [-0.3, -0.25) is 9.69 Å². The van der Waals surface area contributed by atoms with Gasteiger partial charge >= 0.3 is 0 Å². The van der Waals surface area contributed by atoms with E-state index in [9.17, 15) is 9.90 Å². The summed E-state index contributed by atoms with van der Waals surface area (Å²) >= 11 is 7.39. The second kappa shape index (κ2) is 6.10. The Morgan fingerprint density at radius 1 is 1.27 bits per heavy atom.